The van der Waals surface area contributed by atoms with Crippen molar-refractivity contribution >= 4 is 11.9 Å². The summed E-state index contributed by atoms with van der Waals surface area (Å²) in [5.74, 6) is -0.985. The normalized spacial score (nSPS) is 21.7. The SMILES string of the molecule is COC(=O)CCCN1CCCCC1C(=O)O. The van der Waals surface area contributed by atoms with E-state index in [9.17, 15) is 9.59 Å². The maximum Gasteiger partial charge on any atom is 0.320 e. The van der Waals surface area contributed by atoms with E-state index in [0.29, 0.717) is 25.8 Å². The number of piperidine rings is 1. The smallest absolute Gasteiger partial charge is 0.320 e. The van der Waals surface area contributed by atoms with E-state index in [1.54, 1.807) is 0 Å². The third-order valence-corrected chi connectivity index (χ3v) is 2.95. The predicted molar refractivity (Wildman–Crippen MR) is 58.1 cm³/mol. The monoisotopic (exact) mass is 229 g/mol. The molecular weight excluding hydrogens is 210 g/mol. The molecule has 1 heterocycles. The Morgan fingerprint density at radius 3 is 2.81 bits per heavy atom. The number of carboxylic acids is 1. The van der Waals surface area contributed by atoms with Crippen LogP contribution in [0.4, 0.5) is 0 Å². The lowest BCUT2D eigenvalue weighted by Gasteiger charge is -2.32. The number of rotatable bonds is 5. The first kappa shape index (κ1) is 13.0. The number of ether oxygens (including phenoxy) is 1. The van der Waals surface area contributed by atoms with Gasteiger partial charge in [0.25, 0.3) is 0 Å². The van der Waals surface area contributed by atoms with Gasteiger partial charge in [-0.15, -0.1) is 0 Å². The average Bonchev–Trinajstić information content (AvgIpc) is 2.29. The molecule has 1 unspecified atom stereocenters. The number of carbonyl (C=O) groups excluding carboxylic acids is 1. The van der Waals surface area contributed by atoms with Crippen LogP contribution in [0, 0.1) is 0 Å². The van der Waals surface area contributed by atoms with Crippen LogP contribution in [0.2, 0.25) is 0 Å². The summed E-state index contributed by atoms with van der Waals surface area (Å²) in [7, 11) is 1.36. The number of methoxy groups -OCH3 is 1. The van der Waals surface area contributed by atoms with Crippen molar-refractivity contribution in [3.8, 4) is 0 Å². The summed E-state index contributed by atoms with van der Waals surface area (Å²) in [6, 6.07) is -0.369. The van der Waals surface area contributed by atoms with Gasteiger partial charge >= 0.3 is 11.9 Å². The largest absolute Gasteiger partial charge is 0.480 e. The number of carbonyl (C=O) groups is 2. The van der Waals surface area contributed by atoms with Gasteiger partial charge in [-0.3, -0.25) is 14.5 Å². The maximum absolute atomic E-state index is 11.0. The lowest BCUT2D eigenvalue weighted by molar-refractivity contribution is -0.144. The zero-order valence-corrected chi connectivity index (χ0v) is 9.65. The second-order valence-electron chi connectivity index (χ2n) is 4.07. The van der Waals surface area contributed by atoms with E-state index in [0.717, 1.165) is 19.4 Å². The van der Waals surface area contributed by atoms with E-state index >= 15 is 0 Å². The van der Waals surface area contributed by atoms with E-state index < -0.39 is 5.97 Å². The highest BCUT2D eigenvalue weighted by molar-refractivity contribution is 5.73. The molecule has 0 aliphatic carbocycles. The molecule has 0 saturated carbocycles. The van der Waals surface area contributed by atoms with Gasteiger partial charge < -0.3 is 9.84 Å². The van der Waals surface area contributed by atoms with Crippen molar-refractivity contribution < 1.29 is 19.4 Å². The van der Waals surface area contributed by atoms with Crippen molar-refractivity contribution in [3.63, 3.8) is 0 Å². The first-order valence-corrected chi connectivity index (χ1v) is 5.69. The summed E-state index contributed by atoms with van der Waals surface area (Å²) < 4.78 is 4.54. The van der Waals surface area contributed by atoms with Gasteiger partial charge in [-0.1, -0.05) is 6.42 Å². The van der Waals surface area contributed by atoms with Crippen LogP contribution in [0.25, 0.3) is 0 Å². The molecule has 1 aliphatic heterocycles. The van der Waals surface area contributed by atoms with Crippen LogP contribution in [0.3, 0.4) is 0 Å². The highest BCUT2D eigenvalue weighted by Gasteiger charge is 2.27. The molecule has 0 aromatic carbocycles. The standard InChI is InChI=1S/C11H19NO4/c1-16-10(13)6-4-8-12-7-3-2-5-9(12)11(14)15/h9H,2-8H2,1H3,(H,14,15). The molecule has 1 rings (SSSR count). The molecule has 0 spiro atoms. The molecule has 1 aliphatic rings. The van der Waals surface area contributed by atoms with E-state index in [2.05, 4.69) is 4.74 Å². The van der Waals surface area contributed by atoms with Crippen LogP contribution in [0.5, 0.6) is 0 Å². The Balaban J connectivity index is 2.32. The minimum atomic E-state index is -0.752. The molecule has 92 valence electrons. The topological polar surface area (TPSA) is 66.8 Å². The van der Waals surface area contributed by atoms with Crippen molar-refractivity contribution in [2.75, 3.05) is 20.2 Å². The number of nitrogens with zero attached hydrogens (tertiary/aromatic N) is 1. The highest BCUT2D eigenvalue weighted by atomic mass is 16.5. The molecule has 5 heteroatoms. The summed E-state index contributed by atoms with van der Waals surface area (Å²) in [6.45, 7) is 1.48. The first-order chi connectivity index (χ1) is 7.65. The summed E-state index contributed by atoms with van der Waals surface area (Å²) in [5, 5.41) is 9.03. The highest BCUT2D eigenvalue weighted by Crippen LogP contribution is 2.17. The van der Waals surface area contributed by atoms with Crippen LogP contribution < -0.4 is 0 Å². The minimum Gasteiger partial charge on any atom is -0.480 e. The number of esters is 1. The second-order valence-corrected chi connectivity index (χ2v) is 4.07. The van der Waals surface area contributed by atoms with Crippen LogP contribution in [-0.2, 0) is 14.3 Å². The maximum atomic E-state index is 11.0. The molecule has 0 bridgehead atoms. The molecule has 1 saturated heterocycles. The van der Waals surface area contributed by atoms with Crippen LogP contribution in [0.15, 0.2) is 0 Å². The molecule has 0 aromatic rings. The third-order valence-electron chi connectivity index (χ3n) is 2.95. The van der Waals surface area contributed by atoms with Crippen molar-refractivity contribution in [2.45, 2.75) is 38.1 Å². The Morgan fingerprint density at radius 1 is 1.44 bits per heavy atom. The lowest BCUT2D eigenvalue weighted by atomic mass is 10.0. The predicted octanol–water partition coefficient (Wildman–Crippen LogP) is 0.879. The van der Waals surface area contributed by atoms with Crippen molar-refractivity contribution in [2.24, 2.45) is 0 Å². The van der Waals surface area contributed by atoms with E-state index in [1.807, 2.05) is 4.90 Å². The van der Waals surface area contributed by atoms with Crippen LogP contribution in [0.1, 0.15) is 32.1 Å². The van der Waals surface area contributed by atoms with Gasteiger partial charge in [0.15, 0.2) is 0 Å². The van der Waals surface area contributed by atoms with E-state index in [4.69, 9.17) is 5.11 Å². The number of hydrogen-bond acceptors (Lipinski definition) is 4. The Morgan fingerprint density at radius 2 is 2.19 bits per heavy atom. The van der Waals surface area contributed by atoms with Gasteiger partial charge in [-0.05, 0) is 32.4 Å². The van der Waals surface area contributed by atoms with Crippen LogP contribution >= 0.6 is 0 Å². The second kappa shape index (κ2) is 6.48. The fourth-order valence-electron chi connectivity index (χ4n) is 2.07. The van der Waals surface area contributed by atoms with Gasteiger partial charge in [-0.2, -0.15) is 0 Å². The molecular formula is C11H19NO4. The number of likely N-dealkylation sites (tertiary alicyclic amines) is 1. The Labute approximate surface area is 95.4 Å². The van der Waals surface area contributed by atoms with Gasteiger partial charge in [0, 0.05) is 6.42 Å². The summed E-state index contributed by atoms with van der Waals surface area (Å²) in [4.78, 5) is 23.8. The Kier molecular flexibility index (Phi) is 5.25. The molecule has 1 N–H and O–H groups in total. The zero-order chi connectivity index (χ0) is 12.0. The minimum absolute atomic E-state index is 0.233. The molecule has 0 radical (unpaired) electrons. The molecule has 0 amide bonds. The molecule has 5 nitrogen and oxygen atoms in total. The van der Waals surface area contributed by atoms with Gasteiger partial charge in [-0.25, -0.2) is 0 Å². The number of carboxylic acid groups (broad SMARTS) is 1. The van der Waals surface area contributed by atoms with Gasteiger partial charge in [0.2, 0.25) is 0 Å². The Hall–Kier alpha value is -1.10. The lowest BCUT2D eigenvalue weighted by Crippen LogP contribution is -2.45. The van der Waals surface area contributed by atoms with Crippen molar-refractivity contribution in [1.29, 1.82) is 0 Å². The number of aliphatic carboxylic acids is 1. The molecule has 1 fully saturated rings. The third kappa shape index (κ3) is 3.81. The zero-order valence-electron chi connectivity index (χ0n) is 9.65. The van der Waals surface area contributed by atoms with Gasteiger partial charge in [0.05, 0.1) is 7.11 Å². The molecule has 1 atom stereocenters. The quantitative estimate of drug-likeness (QED) is 0.709. The van der Waals surface area contributed by atoms with Crippen molar-refractivity contribution in [3.05, 3.63) is 0 Å². The summed E-state index contributed by atoms with van der Waals surface area (Å²) >= 11 is 0. The molecule has 16 heavy (non-hydrogen) atoms. The fourth-order valence-corrected chi connectivity index (χ4v) is 2.07. The van der Waals surface area contributed by atoms with Crippen molar-refractivity contribution in [1.82, 2.24) is 4.90 Å². The van der Waals surface area contributed by atoms with Crippen LogP contribution in [-0.4, -0.2) is 48.2 Å². The first-order valence-electron chi connectivity index (χ1n) is 5.69. The van der Waals surface area contributed by atoms with Gasteiger partial charge in [0.1, 0.15) is 6.04 Å². The Bertz CT molecular complexity index is 254. The number of hydrogen-bond donors (Lipinski definition) is 1. The molecule has 0 aromatic heterocycles. The van der Waals surface area contributed by atoms with E-state index in [1.165, 1.54) is 7.11 Å². The summed E-state index contributed by atoms with van der Waals surface area (Å²) in [5.41, 5.74) is 0. The average molecular weight is 229 g/mol. The summed E-state index contributed by atoms with van der Waals surface area (Å²) in [6.07, 6.45) is 3.76. The fraction of sp³-hybridized carbons (Fsp3) is 0.818. The van der Waals surface area contributed by atoms with E-state index in [-0.39, 0.29) is 12.0 Å².